The van der Waals surface area contributed by atoms with E-state index in [4.69, 9.17) is 0 Å². The average Bonchev–Trinajstić information content (AvgIpc) is 2.52. The number of hydrogen-bond acceptors (Lipinski definition) is 2. The van der Waals surface area contributed by atoms with Crippen molar-refractivity contribution in [1.29, 1.82) is 0 Å². The summed E-state index contributed by atoms with van der Waals surface area (Å²) in [5.41, 5.74) is 1.59. The Labute approximate surface area is 125 Å². The molecular weight excluding hydrogens is 265 g/mol. The second-order valence-electron chi connectivity index (χ2n) is 5.04. The first kappa shape index (κ1) is 15.2. The fourth-order valence-corrected chi connectivity index (χ4v) is 2.19. The number of carbonyl (C=O) groups excluding carboxylic acids is 1. The minimum atomic E-state index is -0.322. The molecule has 2 aromatic rings. The molecule has 21 heavy (non-hydrogen) atoms. The third kappa shape index (κ3) is 4.42. The van der Waals surface area contributed by atoms with Crippen LogP contribution in [0, 0.1) is 5.82 Å². The predicted octanol–water partition coefficient (Wildman–Crippen LogP) is 4.32. The number of Topliss-reactive ketones (excluding diaryl/α,β-unsaturated/α-hetero) is 1. The Morgan fingerprint density at radius 3 is 2.33 bits per heavy atom. The molecule has 2 rings (SSSR count). The van der Waals surface area contributed by atoms with Crippen LogP contribution in [0.25, 0.3) is 0 Å². The van der Waals surface area contributed by atoms with E-state index in [1.54, 1.807) is 12.1 Å². The van der Waals surface area contributed by atoms with Crippen LogP contribution >= 0.6 is 0 Å². The van der Waals surface area contributed by atoms with Crippen LogP contribution in [-0.4, -0.2) is 18.9 Å². The van der Waals surface area contributed by atoms with Crippen molar-refractivity contribution in [3.63, 3.8) is 0 Å². The number of para-hydroxylation sites is 1. The highest BCUT2D eigenvalue weighted by Gasteiger charge is 2.13. The second-order valence-corrected chi connectivity index (χ2v) is 5.04. The monoisotopic (exact) mass is 285 g/mol. The molecule has 0 unspecified atom stereocenters. The smallest absolute Gasteiger partial charge is 0.182 e. The van der Waals surface area contributed by atoms with Gasteiger partial charge in [0.1, 0.15) is 5.82 Å². The van der Waals surface area contributed by atoms with Gasteiger partial charge in [0.2, 0.25) is 0 Å². The summed E-state index contributed by atoms with van der Waals surface area (Å²) in [6.45, 7) is 3.29. The average molecular weight is 285 g/mol. The third-order valence-electron chi connectivity index (χ3n) is 3.40. The number of unbranched alkanes of at least 4 members (excludes halogenated alkanes) is 1. The Kier molecular flexibility index (Phi) is 5.50. The minimum absolute atomic E-state index is 0.00922. The predicted molar refractivity (Wildman–Crippen MR) is 84.3 cm³/mol. The number of hydrogen-bond donors (Lipinski definition) is 0. The van der Waals surface area contributed by atoms with E-state index in [-0.39, 0.29) is 11.6 Å². The van der Waals surface area contributed by atoms with E-state index in [0.29, 0.717) is 12.1 Å². The zero-order valence-corrected chi connectivity index (χ0v) is 12.3. The second kappa shape index (κ2) is 7.58. The van der Waals surface area contributed by atoms with Crippen molar-refractivity contribution in [3.8, 4) is 0 Å². The molecule has 2 nitrogen and oxygen atoms in total. The summed E-state index contributed by atoms with van der Waals surface area (Å²) < 4.78 is 12.9. The fraction of sp³-hybridized carbons (Fsp3) is 0.278. The largest absolute Gasteiger partial charge is 0.364 e. The summed E-state index contributed by atoms with van der Waals surface area (Å²) in [6.07, 6.45) is 2.11. The number of benzene rings is 2. The lowest BCUT2D eigenvalue weighted by molar-refractivity contribution is 0.0999. The standard InChI is InChI=1S/C18H20FNO/c1-2-3-13-20(17-7-5-4-6-8-17)14-18(21)15-9-11-16(19)12-10-15/h4-12H,2-3,13-14H2,1H3. The van der Waals surface area contributed by atoms with Crippen LogP contribution in [0.1, 0.15) is 30.1 Å². The molecule has 0 aliphatic carbocycles. The van der Waals surface area contributed by atoms with Crippen LogP contribution in [0.4, 0.5) is 10.1 Å². The number of anilines is 1. The van der Waals surface area contributed by atoms with Crippen molar-refractivity contribution >= 4 is 11.5 Å². The molecule has 0 aliphatic heterocycles. The molecule has 0 atom stereocenters. The lowest BCUT2D eigenvalue weighted by Gasteiger charge is -2.24. The Balaban J connectivity index is 2.11. The van der Waals surface area contributed by atoms with E-state index < -0.39 is 0 Å². The Morgan fingerprint density at radius 2 is 1.71 bits per heavy atom. The maximum absolute atomic E-state index is 12.9. The molecular formula is C18H20FNO. The summed E-state index contributed by atoms with van der Waals surface area (Å²) in [7, 11) is 0. The molecule has 0 spiro atoms. The van der Waals surface area contributed by atoms with Gasteiger partial charge < -0.3 is 4.90 Å². The van der Waals surface area contributed by atoms with Crippen molar-refractivity contribution in [3.05, 3.63) is 66.0 Å². The van der Waals surface area contributed by atoms with Crippen molar-refractivity contribution in [2.75, 3.05) is 18.0 Å². The van der Waals surface area contributed by atoms with Gasteiger partial charge in [0.25, 0.3) is 0 Å². The van der Waals surface area contributed by atoms with Gasteiger partial charge in [0.05, 0.1) is 6.54 Å². The molecule has 0 aliphatic rings. The Bertz CT molecular complexity index is 566. The van der Waals surface area contributed by atoms with Gasteiger partial charge >= 0.3 is 0 Å². The maximum Gasteiger partial charge on any atom is 0.182 e. The Hall–Kier alpha value is -2.16. The van der Waals surface area contributed by atoms with Gasteiger partial charge in [-0.25, -0.2) is 4.39 Å². The molecule has 0 amide bonds. The molecule has 0 N–H and O–H groups in total. The summed E-state index contributed by atoms with van der Waals surface area (Å²) in [6, 6.07) is 15.7. The van der Waals surface area contributed by atoms with Crippen molar-refractivity contribution in [1.82, 2.24) is 0 Å². The Morgan fingerprint density at radius 1 is 1.05 bits per heavy atom. The number of ketones is 1. The first-order valence-electron chi connectivity index (χ1n) is 7.29. The van der Waals surface area contributed by atoms with E-state index in [0.717, 1.165) is 25.1 Å². The lowest BCUT2D eigenvalue weighted by atomic mass is 10.1. The number of nitrogens with zero attached hydrogens (tertiary/aromatic N) is 1. The van der Waals surface area contributed by atoms with Crippen LogP contribution < -0.4 is 4.90 Å². The quantitative estimate of drug-likeness (QED) is 0.706. The minimum Gasteiger partial charge on any atom is -0.364 e. The van der Waals surface area contributed by atoms with Gasteiger partial charge in [0.15, 0.2) is 5.78 Å². The zero-order chi connectivity index (χ0) is 15.1. The van der Waals surface area contributed by atoms with E-state index in [2.05, 4.69) is 11.8 Å². The van der Waals surface area contributed by atoms with Crippen molar-refractivity contribution < 1.29 is 9.18 Å². The summed E-state index contributed by atoms with van der Waals surface area (Å²) in [5.74, 6) is -0.313. The molecule has 0 heterocycles. The van der Waals surface area contributed by atoms with Gasteiger partial charge in [-0.15, -0.1) is 0 Å². The molecule has 0 aromatic heterocycles. The maximum atomic E-state index is 12.9. The normalized spacial score (nSPS) is 10.4. The van der Waals surface area contributed by atoms with Gasteiger partial charge in [-0.2, -0.15) is 0 Å². The van der Waals surface area contributed by atoms with E-state index in [1.807, 2.05) is 30.3 Å². The van der Waals surface area contributed by atoms with Crippen LogP contribution in [0.3, 0.4) is 0 Å². The van der Waals surface area contributed by atoms with Gasteiger partial charge in [-0.3, -0.25) is 4.79 Å². The van der Waals surface area contributed by atoms with E-state index >= 15 is 0 Å². The SMILES string of the molecule is CCCCN(CC(=O)c1ccc(F)cc1)c1ccccc1. The molecule has 0 saturated carbocycles. The number of carbonyl (C=O) groups is 1. The fourth-order valence-electron chi connectivity index (χ4n) is 2.19. The van der Waals surface area contributed by atoms with Crippen molar-refractivity contribution in [2.45, 2.75) is 19.8 Å². The highest BCUT2D eigenvalue weighted by atomic mass is 19.1. The van der Waals surface area contributed by atoms with Crippen LogP contribution in [0.15, 0.2) is 54.6 Å². The first-order valence-corrected chi connectivity index (χ1v) is 7.29. The highest BCUT2D eigenvalue weighted by molar-refractivity contribution is 5.99. The third-order valence-corrected chi connectivity index (χ3v) is 3.40. The topological polar surface area (TPSA) is 20.3 Å². The summed E-state index contributed by atoms with van der Waals surface area (Å²) in [4.78, 5) is 14.4. The van der Waals surface area contributed by atoms with Crippen LogP contribution in [0.2, 0.25) is 0 Å². The zero-order valence-electron chi connectivity index (χ0n) is 12.3. The summed E-state index contributed by atoms with van der Waals surface area (Å²) in [5, 5.41) is 0. The van der Waals surface area contributed by atoms with Crippen LogP contribution in [-0.2, 0) is 0 Å². The molecule has 110 valence electrons. The lowest BCUT2D eigenvalue weighted by Crippen LogP contribution is -2.30. The molecule has 0 saturated heterocycles. The highest BCUT2D eigenvalue weighted by Crippen LogP contribution is 2.15. The van der Waals surface area contributed by atoms with Gasteiger partial charge in [-0.05, 0) is 42.8 Å². The molecule has 0 bridgehead atoms. The van der Waals surface area contributed by atoms with E-state index in [1.165, 1.54) is 12.1 Å². The van der Waals surface area contributed by atoms with E-state index in [9.17, 15) is 9.18 Å². The number of rotatable bonds is 7. The molecule has 3 heteroatoms. The summed E-state index contributed by atoms with van der Waals surface area (Å²) >= 11 is 0. The van der Waals surface area contributed by atoms with Gasteiger partial charge in [0, 0.05) is 17.8 Å². The van der Waals surface area contributed by atoms with Gasteiger partial charge in [-0.1, -0.05) is 31.5 Å². The molecule has 0 fully saturated rings. The molecule has 0 radical (unpaired) electrons. The number of halogens is 1. The first-order chi connectivity index (χ1) is 10.2. The van der Waals surface area contributed by atoms with Crippen LogP contribution in [0.5, 0.6) is 0 Å². The molecule has 2 aromatic carbocycles. The van der Waals surface area contributed by atoms with Crippen molar-refractivity contribution in [2.24, 2.45) is 0 Å².